The van der Waals surface area contributed by atoms with Gasteiger partial charge >= 0.3 is 0 Å². The maximum Gasteiger partial charge on any atom is 0.232 e. The van der Waals surface area contributed by atoms with Crippen LogP contribution in [0.2, 0.25) is 0 Å². The number of allylic oxidation sites excluding steroid dienone is 2. The van der Waals surface area contributed by atoms with Crippen LogP contribution >= 0.6 is 22.7 Å². The highest BCUT2D eigenvalue weighted by Gasteiger charge is 2.29. The zero-order valence-electron chi connectivity index (χ0n) is 19.2. The lowest BCUT2D eigenvalue weighted by atomic mass is 9.82. The van der Waals surface area contributed by atoms with Crippen LogP contribution in [0.15, 0.2) is 42.4 Å². The maximum absolute atomic E-state index is 12.3. The van der Waals surface area contributed by atoms with E-state index in [1.165, 1.54) is 22.7 Å². The van der Waals surface area contributed by atoms with E-state index in [9.17, 15) is 9.59 Å². The molecule has 0 unspecified atom stereocenters. The summed E-state index contributed by atoms with van der Waals surface area (Å²) in [7, 11) is 0. The van der Waals surface area contributed by atoms with Crippen molar-refractivity contribution in [2.45, 2.75) is 50.4 Å². The molecule has 3 aromatic rings. The third kappa shape index (κ3) is 6.26. The van der Waals surface area contributed by atoms with Crippen molar-refractivity contribution in [3.8, 4) is 0 Å². The van der Waals surface area contributed by atoms with E-state index in [-0.39, 0.29) is 36.5 Å². The van der Waals surface area contributed by atoms with Gasteiger partial charge in [0.25, 0.3) is 0 Å². The van der Waals surface area contributed by atoms with Crippen LogP contribution in [0.4, 0.5) is 10.3 Å². The number of hydrazine groups is 1. The van der Waals surface area contributed by atoms with Gasteiger partial charge in [0, 0.05) is 29.9 Å². The second kappa shape index (κ2) is 11.3. The first-order valence-electron chi connectivity index (χ1n) is 11.5. The number of hydrogen-bond acceptors (Lipinski definition) is 12. The summed E-state index contributed by atoms with van der Waals surface area (Å²) in [5.41, 5.74) is 7.15. The first kappa shape index (κ1) is 23.9. The minimum absolute atomic E-state index is 0.131. The Morgan fingerprint density at radius 3 is 2.25 bits per heavy atom. The number of amides is 2. The molecule has 2 amide bonds. The van der Waals surface area contributed by atoms with Gasteiger partial charge in [-0.3, -0.25) is 9.59 Å². The van der Waals surface area contributed by atoms with Crippen molar-refractivity contribution in [1.29, 1.82) is 0 Å². The van der Waals surface area contributed by atoms with Crippen LogP contribution < -0.4 is 21.5 Å². The molecule has 2 atom stereocenters. The quantitative estimate of drug-likeness (QED) is 0.345. The van der Waals surface area contributed by atoms with Crippen LogP contribution in [0, 0.1) is 0 Å². The zero-order valence-corrected chi connectivity index (χ0v) is 20.8. The molecule has 14 heteroatoms. The molecular weight excluding hydrogens is 500 g/mol. The average molecular weight is 525 g/mol. The summed E-state index contributed by atoms with van der Waals surface area (Å²) in [5.74, 6) is 0.116. The predicted molar refractivity (Wildman–Crippen MR) is 135 cm³/mol. The molecule has 1 fully saturated rings. The molecule has 1 aliphatic heterocycles. The summed E-state index contributed by atoms with van der Waals surface area (Å²) in [6, 6.07) is 3.50. The third-order valence-electron chi connectivity index (χ3n) is 5.78. The van der Waals surface area contributed by atoms with Gasteiger partial charge in [-0.05, 0) is 43.5 Å². The van der Waals surface area contributed by atoms with Crippen molar-refractivity contribution >= 4 is 44.8 Å². The Morgan fingerprint density at radius 1 is 0.944 bits per heavy atom. The molecule has 4 heterocycles. The van der Waals surface area contributed by atoms with Crippen molar-refractivity contribution in [2.24, 2.45) is 0 Å². The average Bonchev–Trinajstić information content (AvgIpc) is 3.55. The molecule has 0 bridgehead atoms. The van der Waals surface area contributed by atoms with Crippen LogP contribution in [0.1, 0.15) is 59.6 Å². The largest absolute Gasteiger partial charge is 0.308 e. The zero-order chi connectivity index (χ0) is 24.7. The lowest BCUT2D eigenvalue weighted by Gasteiger charge is -2.25. The molecule has 186 valence electrons. The number of anilines is 2. The van der Waals surface area contributed by atoms with Gasteiger partial charge in [-0.15, -0.1) is 20.4 Å². The van der Waals surface area contributed by atoms with E-state index in [1.54, 1.807) is 24.5 Å². The summed E-state index contributed by atoms with van der Waals surface area (Å²) in [6.07, 6.45) is 11.3. The molecular formula is C22H24N10O2S2. The Balaban J connectivity index is 1.15. The Labute approximate surface area is 214 Å². The van der Waals surface area contributed by atoms with Gasteiger partial charge < -0.3 is 21.5 Å². The molecule has 0 spiro atoms. The second-order valence-electron chi connectivity index (χ2n) is 8.44. The number of nitrogens with zero attached hydrogens (tertiary/aromatic N) is 6. The van der Waals surface area contributed by atoms with Crippen molar-refractivity contribution in [2.75, 3.05) is 10.6 Å². The molecule has 0 aromatic carbocycles. The summed E-state index contributed by atoms with van der Waals surface area (Å²) in [6.45, 7) is 0. The standard InChI is InChI=1S/C22H24N10O2S2/c33-17(11-15-6-2-8-23-27-15)25-21-31-29-19(35-21)13-4-1-5-14(10-13)20-30-32-22(36-20)26-18(34)12-16-7-3-9-24-28-16/h2-3,6-9,13-14,23,27H,1,4-5,10-12H2,(H,25,31,33)(H,26,32,34)/t13-,14-/m0/s1. The fourth-order valence-electron chi connectivity index (χ4n) is 4.12. The first-order valence-corrected chi connectivity index (χ1v) is 13.2. The fraction of sp³-hybridized carbons (Fsp3) is 0.364. The van der Waals surface area contributed by atoms with E-state index in [2.05, 4.69) is 52.1 Å². The predicted octanol–water partition coefficient (Wildman–Crippen LogP) is 2.64. The number of carbonyl (C=O) groups is 2. The van der Waals surface area contributed by atoms with Gasteiger partial charge in [0.15, 0.2) is 0 Å². The number of carbonyl (C=O) groups excluding carboxylic acids is 2. The Bertz CT molecular complexity index is 1270. The van der Waals surface area contributed by atoms with Gasteiger partial charge in [0.1, 0.15) is 10.0 Å². The number of rotatable bonds is 8. The molecule has 1 saturated carbocycles. The smallest absolute Gasteiger partial charge is 0.232 e. The van der Waals surface area contributed by atoms with Crippen LogP contribution in [0.25, 0.3) is 0 Å². The molecule has 5 rings (SSSR count). The fourth-order valence-corrected chi connectivity index (χ4v) is 5.94. The van der Waals surface area contributed by atoms with Crippen molar-refractivity contribution in [3.63, 3.8) is 0 Å². The molecule has 1 aliphatic carbocycles. The molecule has 36 heavy (non-hydrogen) atoms. The molecule has 0 radical (unpaired) electrons. The number of aromatic nitrogens is 6. The lowest BCUT2D eigenvalue weighted by molar-refractivity contribution is -0.116. The van der Waals surface area contributed by atoms with Gasteiger partial charge in [-0.1, -0.05) is 29.1 Å². The monoisotopic (exact) mass is 524 g/mol. The first-order chi connectivity index (χ1) is 17.6. The number of nitrogens with one attached hydrogen (secondary N) is 4. The Kier molecular flexibility index (Phi) is 7.52. The van der Waals surface area contributed by atoms with Crippen molar-refractivity contribution in [3.05, 3.63) is 58.1 Å². The highest BCUT2D eigenvalue weighted by Crippen LogP contribution is 2.43. The van der Waals surface area contributed by atoms with Gasteiger partial charge in [0.2, 0.25) is 22.1 Å². The Morgan fingerprint density at radius 2 is 1.64 bits per heavy atom. The van der Waals surface area contributed by atoms with Gasteiger partial charge in [0.05, 0.1) is 18.5 Å². The second-order valence-corrected chi connectivity index (χ2v) is 10.5. The summed E-state index contributed by atoms with van der Waals surface area (Å²) in [4.78, 5) is 24.6. The minimum Gasteiger partial charge on any atom is -0.308 e. The van der Waals surface area contributed by atoms with E-state index >= 15 is 0 Å². The van der Waals surface area contributed by atoms with Crippen LogP contribution in [-0.4, -0.2) is 42.4 Å². The highest BCUT2D eigenvalue weighted by molar-refractivity contribution is 7.15. The third-order valence-corrected chi connectivity index (χ3v) is 7.78. The SMILES string of the molecule is O=C(CC1=CC=CNN1)Nc1nnc([C@H]2CCC[C@H](c3nnc(NC(=O)Cc4cccnn4)s3)C2)s1. The van der Waals surface area contributed by atoms with E-state index in [0.717, 1.165) is 41.4 Å². The van der Waals surface area contributed by atoms with E-state index in [1.807, 2.05) is 12.2 Å². The molecule has 2 aliphatic rings. The number of hydrogen-bond donors (Lipinski definition) is 4. The van der Waals surface area contributed by atoms with Crippen molar-refractivity contribution in [1.82, 2.24) is 41.4 Å². The highest BCUT2D eigenvalue weighted by atomic mass is 32.1. The van der Waals surface area contributed by atoms with Gasteiger partial charge in [-0.2, -0.15) is 10.2 Å². The summed E-state index contributed by atoms with van der Waals surface area (Å²) in [5, 5.41) is 33.2. The topological polar surface area (TPSA) is 160 Å². The van der Waals surface area contributed by atoms with Crippen LogP contribution in [0.5, 0.6) is 0 Å². The van der Waals surface area contributed by atoms with Crippen LogP contribution in [0.3, 0.4) is 0 Å². The lowest BCUT2D eigenvalue weighted by Crippen LogP contribution is -2.30. The maximum atomic E-state index is 12.3. The van der Waals surface area contributed by atoms with E-state index in [4.69, 9.17) is 0 Å². The molecule has 3 aromatic heterocycles. The van der Waals surface area contributed by atoms with E-state index < -0.39 is 0 Å². The molecule has 0 saturated heterocycles. The van der Waals surface area contributed by atoms with E-state index in [0.29, 0.717) is 16.0 Å². The summed E-state index contributed by atoms with van der Waals surface area (Å²) >= 11 is 2.82. The minimum atomic E-state index is -0.202. The van der Waals surface area contributed by atoms with Crippen molar-refractivity contribution < 1.29 is 9.59 Å². The molecule has 4 N–H and O–H groups in total. The van der Waals surface area contributed by atoms with Gasteiger partial charge in [-0.25, -0.2) is 0 Å². The Hall–Kier alpha value is -3.78. The normalized spacial score (nSPS) is 19.1. The summed E-state index contributed by atoms with van der Waals surface area (Å²) < 4.78 is 0. The molecule has 12 nitrogen and oxygen atoms in total. The van der Waals surface area contributed by atoms with Crippen LogP contribution in [-0.2, 0) is 16.0 Å².